The van der Waals surface area contributed by atoms with E-state index in [0.717, 1.165) is 83.6 Å². The first kappa shape index (κ1) is 23.4. The van der Waals surface area contributed by atoms with Gasteiger partial charge in [-0.25, -0.2) is 0 Å². The van der Waals surface area contributed by atoms with Gasteiger partial charge in [-0.1, -0.05) is 12.8 Å². The number of amides is 2. The van der Waals surface area contributed by atoms with E-state index in [9.17, 15) is 9.59 Å². The second-order valence-corrected chi connectivity index (χ2v) is 8.70. The summed E-state index contributed by atoms with van der Waals surface area (Å²) in [5, 5.41) is 6.69. The average molecular weight is 409 g/mol. The van der Waals surface area contributed by atoms with E-state index < -0.39 is 0 Å². The zero-order valence-corrected chi connectivity index (χ0v) is 18.5. The fourth-order valence-electron chi connectivity index (χ4n) is 4.54. The molecule has 2 aliphatic rings. The molecule has 2 amide bonds. The number of carbonyl (C=O) groups excluding carboxylic acids is 2. The highest BCUT2D eigenvalue weighted by atomic mass is 16.2. The first-order chi connectivity index (χ1) is 13.9. The molecule has 2 fully saturated rings. The number of aliphatic imine (C=N–C) groups is 1. The fraction of sp³-hybridized carbons (Fsp3) is 0.857. The van der Waals surface area contributed by atoms with Gasteiger partial charge in [-0.05, 0) is 52.1 Å². The van der Waals surface area contributed by atoms with E-state index in [2.05, 4.69) is 15.5 Å². The molecular formula is C21H40N6O2. The number of nitrogens with one attached hydrogen (secondary N) is 2. The van der Waals surface area contributed by atoms with Crippen LogP contribution in [0.25, 0.3) is 0 Å². The minimum atomic E-state index is -0.344. The number of nitrogens with zero attached hydrogens (tertiary/aromatic N) is 3. The van der Waals surface area contributed by atoms with Crippen molar-refractivity contribution in [1.82, 2.24) is 20.4 Å². The summed E-state index contributed by atoms with van der Waals surface area (Å²) < 4.78 is 0. The molecular weight excluding hydrogens is 368 g/mol. The van der Waals surface area contributed by atoms with Crippen molar-refractivity contribution in [2.45, 2.75) is 51.9 Å². The lowest BCUT2D eigenvalue weighted by Gasteiger charge is -2.31. The van der Waals surface area contributed by atoms with Gasteiger partial charge in [0.1, 0.15) is 0 Å². The third-order valence-corrected chi connectivity index (χ3v) is 6.16. The molecule has 2 rings (SSSR count). The summed E-state index contributed by atoms with van der Waals surface area (Å²) in [5.41, 5.74) is 5.12. The molecule has 8 heteroatoms. The summed E-state index contributed by atoms with van der Waals surface area (Å²) in [6.07, 6.45) is 6.95. The van der Waals surface area contributed by atoms with Gasteiger partial charge in [0.25, 0.3) is 0 Å². The van der Waals surface area contributed by atoms with Gasteiger partial charge in [0.2, 0.25) is 11.8 Å². The Morgan fingerprint density at radius 2 is 1.93 bits per heavy atom. The zero-order chi connectivity index (χ0) is 21.3. The van der Waals surface area contributed by atoms with Crippen molar-refractivity contribution >= 4 is 17.8 Å². The van der Waals surface area contributed by atoms with Crippen molar-refractivity contribution < 1.29 is 9.59 Å². The minimum Gasteiger partial charge on any atom is -0.369 e. The summed E-state index contributed by atoms with van der Waals surface area (Å²) in [6, 6.07) is 0. The smallest absolute Gasteiger partial charge is 0.230 e. The lowest BCUT2D eigenvalue weighted by atomic mass is 9.85. The van der Waals surface area contributed by atoms with Gasteiger partial charge in [0, 0.05) is 33.7 Å². The van der Waals surface area contributed by atoms with Gasteiger partial charge in [-0.2, -0.15) is 0 Å². The normalized spacial score (nSPS) is 22.3. The Balaban J connectivity index is 1.83. The Bertz CT molecular complexity index is 572. The molecule has 1 saturated carbocycles. The highest BCUT2D eigenvalue weighted by Gasteiger charge is 2.42. The SMILES string of the molecule is CCNC(=NCC1(C(=O)N(C)C)CCCC1)NCCCN1CCCC(C(N)=O)C1. The molecule has 29 heavy (non-hydrogen) atoms. The van der Waals surface area contributed by atoms with Gasteiger partial charge in [0.15, 0.2) is 5.96 Å². The van der Waals surface area contributed by atoms with Crippen molar-refractivity contribution in [3.63, 3.8) is 0 Å². The molecule has 0 bridgehead atoms. The van der Waals surface area contributed by atoms with Crippen LogP contribution in [0.1, 0.15) is 51.9 Å². The monoisotopic (exact) mass is 408 g/mol. The molecule has 1 saturated heterocycles. The molecule has 1 atom stereocenters. The third-order valence-electron chi connectivity index (χ3n) is 6.16. The van der Waals surface area contributed by atoms with Gasteiger partial charge >= 0.3 is 0 Å². The van der Waals surface area contributed by atoms with E-state index in [1.54, 1.807) is 4.90 Å². The molecule has 4 N–H and O–H groups in total. The van der Waals surface area contributed by atoms with Crippen LogP contribution >= 0.6 is 0 Å². The van der Waals surface area contributed by atoms with Crippen molar-refractivity contribution in [2.75, 3.05) is 53.4 Å². The van der Waals surface area contributed by atoms with Crippen molar-refractivity contribution in [3.05, 3.63) is 0 Å². The molecule has 1 heterocycles. The second kappa shape index (κ2) is 11.4. The maximum absolute atomic E-state index is 12.7. The van der Waals surface area contributed by atoms with E-state index >= 15 is 0 Å². The van der Waals surface area contributed by atoms with Crippen LogP contribution in [-0.2, 0) is 9.59 Å². The van der Waals surface area contributed by atoms with Crippen LogP contribution < -0.4 is 16.4 Å². The van der Waals surface area contributed by atoms with Crippen molar-refractivity contribution in [3.8, 4) is 0 Å². The minimum absolute atomic E-state index is 0.00701. The lowest BCUT2D eigenvalue weighted by molar-refractivity contribution is -0.138. The van der Waals surface area contributed by atoms with Crippen LogP contribution in [-0.4, -0.2) is 80.9 Å². The third kappa shape index (κ3) is 6.87. The number of carbonyl (C=O) groups is 2. The van der Waals surface area contributed by atoms with E-state index in [0.29, 0.717) is 6.54 Å². The number of hydrogen-bond donors (Lipinski definition) is 3. The summed E-state index contributed by atoms with van der Waals surface area (Å²) in [6.45, 7) is 6.92. The Labute approximate surface area is 175 Å². The molecule has 1 aliphatic heterocycles. The predicted octanol–water partition coefficient (Wildman–Crippen LogP) is 0.778. The first-order valence-corrected chi connectivity index (χ1v) is 11.1. The van der Waals surface area contributed by atoms with E-state index in [1.165, 1.54) is 0 Å². The molecule has 0 spiro atoms. The predicted molar refractivity (Wildman–Crippen MR) is 117 cm³/mol. The quantitative estimate of drug-likeness (QED) is 0.297. The fourth-order valence-corrected chi connectivity index (χ4v) is 4.54. The Kier molecular flexibility index (Phi) is 9.20. The summed E-state index contributed by atoms with van der Waals surface area (Å²) in [4.78, 5) is 32.9. The molecule has 0 aromatic heterocycles. The van der Waals surface area contributed by atoms with Gasteiger partial charge in [0.05, 0.1) is 17.9 Å². The Morgan fingerprint density at radius 1 is 1.21 bits per heavy atom. The van der Waals surface area contributed by atoms with Crippen LogP contribution in [0.15, 0.2) is 4.99 Å². The van der Waals surface area contributed by atoms with E-state index in [-0.39, 0.29) is 23.1 Å². The number of primary amides is 1. The van der Waals surface area contributed by atoms with Crippen molar-refractivity contribution in [1.29, 1.82) is 0 Å². The van der Waals surface area contributed by atoms with Crippen molar-refractivity contribution in [2.24, 2.45) is 22.1 Å². The van der Waals surface area contributed by atoms with Crippen LogP contribution in [0, 0.1) is 11.3 Å². The van der Waals surface area contributed by atoms with Gasteiger partial charge in [-0.3, -0.25) is 14.6 Å². The maximum Gasteiger partial charge on any atom is 0.230 e. The molecule has 166 valence electrons. The van der Waals surface area contributed by atoms with Crippen LogP contribution in [0.4, 0.5) is 0 Å². The number of hydrogen-bond acceptors (Lipinski definition) is 4. The van der Waals surface area contributed by atoms with Crippen LogP contribution in [0.3, 0.4) is 0 Å². The van der Waals surface area contributed by atoms with E-state index in [4.69, 9.17) is 10.7 Å². The highest BCUT2D eigenvalue weighted by Crippen LogP contribution is 2.39. The molecule has 8 nitrogen and oxygen atoms in total. The lowest BCUT2D eigenvalue weighted by Crippen LogP contribution is -2.44. The number of piperidine rings is 1. The van der Waals surface area contributed by atoms with Crippen LogP contribution in [0.2, 0.25) is 0 Å². The second-order valence-electron chi connectivity index (χ2n) is 8.70. The summed E-state index contributed by atoms with van der Waals surface area (Å²) >= 11 is 0. The molecule has 1 aliphatic carbocycles. The maximum atomic E-state index is 12.7. The number of rotatable bonds is 9. The Hall–Kier alpha value is -1.83. The number of nitrogens with two attached hydrogens (primary N) is 1. The first-order valence-electron chi connectivity index (χ1n) is 11.1. The van der Waals surface area contributed by atoms with Gasteiger partial charge in [-0.15, -0.1) is 0 Å². The van der Waals surface area contributed by atoms with Gasteiger partial charge < -0.3 is 26.2 Å². The van der Waals surface area contributed by atoms with E-state index in [1.807, 2.05) is 21.0 Å². The molecule has 0 radical (unpaired) electrons. The molecule has 1 unspecified atom stereocenters. The average Bonchev–Trinajstić information content (AvgIpc) is 3.19. The number of guanidine groups is 1. The van der Waals surface area contributed by atoms with Crippen LogP contribution in [0.5, 0.6) is 0 Å². The standard InChI is InChI=1S/C21H40N6O2/c1-4-23-20(25-16-21(10-5-6-11-21)19(29)26(2)3)24-12-8-14-27-13-7-9-17(15-27)18(22)28/h17H,4-16H2,1-3H3,(H2,22,28)(H2,23,24,25). The largest absolute Gasteiger partial charge is 0.369 e. The molecule has 0 aromatic rings. The molecule has 0 aromatic carbocycles. The number of likely N-dealkylation sites (tertiary alicyclic amines) is 1. The topological polar surface area (TPSA) is 103 Å². The zero-order valence-electron chi connectivity index (χ0n) is 18.5. The summed E-state index contributed by atoms with van der Waals surface area (Å²) in [7, 11) is 3.66. The highest BCUT2D eigenvalue weighted by molar-refractivity contribution is 5.84. The summed E-state index contributed by atoms with van der Waals surface area (Å²) in [5.74, 6) is 0.789. The Morgan fingerprint density at radius 3 is 2.55 bits per heavy atom.